The first-order valence-electron chi connectivity index (χ1n) is 4.35. The molecule has 13 heavy (non-hydrogen) atoms. The molecule has 0 bridgehead atoms. The van der Waals surface area contributed by atoms with Crippen LogP contribution < -0.4 is 5.32 Å². The van der Waals surface area contributed by atoms with Crippen LogP contribution >= 0.6 is 12.2 Å². The SMILES string of the molecule is Oc1ccc(NC(=S)C2CC2)cc1. The number of benzene rings is 1. The van der Waals surface area contributed by atoms with Gasteiger partial charge in [-0.1, -0.05) is 12.2 Å². The van der Waals surface area contributed by atoms with Crippen molar-refractivity contribution >= 4 is 22.9 Å². The van der Waals surface area contributed by atoms with E-state index in [9.17, 15) is 0 Å². The number of hydrogen-bond donors (Lipinski definition) is 2. The Hall–Kier alpha value is -1.09. The second kappa shape index (κ2) is 3.34. The van der Waals surface area contributed by atoms with Gasteiger partial charge in [0.1, 0.15) is 5.75 Å². The summed E-state index contributed by atoms with van der Waals surface area (Å²) in [5.41, 5.74) is 0.953. The minimum absolute atomic E-state index is 0.280. The van der Waals surface area contributed by atoms with Crippen molar-refractivity contribution in [2.45, 2.75) is 12.8 Å². The lowest BCUT2D eigenvalue weighted by Crippen LogP contribution is -2.10. The maximum atomic E-state index is 9.05. The van der Waals surface area contributed by atoms with Crippen molar-refractivity contribution in [3.05, 3.63) is 24.3 Å². The van der Waals surface area contributed by atoms with Gasteiger partial charge < -0.3 is 10.4 Å². The number of nitrogens with one attached hydrogen (secondary N) is 1. The predicted molar refractivity (Wildman–Crippen MR) is 57.1 cm³/mol. The van der Waals surface area contributed by atoms with Crippen molar-refractivity contribution < 1.29 is 5.11 Å². The highest BCUT2D eigenvalue weighted by Crippen LogP contribution is 2.31. The van der Waals surface area contributed by atoms with E-state index < -0.39 is 0 Å². The number of anilines is 1. The summed E-state index contributed by atoms with van der Waals surface area (Å²) in [5.74, 6) is 0.867. The van der Waals surface area contributed by atoms with E-state index in [4.69, 9.17) is 17.3 Å². The highest BCUT2D eigenvalue weighted by molar-refractivity contribution is 7.80. The molecule has 0 radical (unpaired) electrons. The standard InChI is InChI=1S/C10H11NOS/c12-9-5-3-8(4-6-9)11-10(13)7-1-2-7/h3-7,12H,1-2H2,(H,11,13). The minimum Gasteiger partial charge on any atom is -0.508 e. The van der Waals surface area contributed by atoms with Crippen LogP contribution in [0, 0.1) is 5.92 Å². The lowest BCUT2D eigenvalue weighted by molar-refractivity contribution is 0.475. The summed E-state index contributed by atoms with van der Waals surface area (Å²) in [6.07, 6.45) is 2.42. The van der Waals surface area contributed by atoms with E-state index in [-0.39, 0.29) is 5.75 Å². The monoisotopic (exact) mass is 193 g/mol. The van der Waals surface area contributed by atoms with Crippen molar-refractivity contribution in [1.29, 1.82) is 0 Å². The van der Waals surface area contributed by atoms with E-state index in [0.717, 1.165) is 10.7 Å². The lowest BCUT2D eigenvalue weighted by atomic mass is 10.3. The summed E-state index contributed by atoms with van der Waals surface area (Å²) in [6, 6.07) is 6.95. The van der Waals surface area contributed by atoms with E-state index >= 15 is 0 Å². The van der Waals surface area contributed by atoms with Gasteiger partial charge in [0.25, 0.3) is 0 Å². The molecule has 0 saturated heterocycles. The van der Waals surface area contributed by atoms with E-state index in [0.29, 0.717) is 5.92 Å². The summed E-state index contributed by atoms with van der Waals surface area (Å²) < 4.78 is 0. The molecule has 2 N–H and O–H groups in total. The van der Waals surface area contributed by atoms with Crippen LogP contribution in [0.4, 0.5) is 5.69 Å². The van der Waals surface area contributed by atoms with E-state index in [2.05, 4.69) is 5.32 Å². The second-order valence-electron chi connectivity index (χ2n) is 3.31. The molecule has 3 heteroatoms. The van der Waals surface area contributed by atoms with Gasteiger partial charge >= 0.3 is 0 Å². The van der Waals surface area contributed by atoms with Crippen molar-refractivity contribution in [2.24, 2.45) is 5.92 Å². The Bertz CT molecular complexity index is 316. The normalized spacial score (nSPS) is 15.4. The number of thiocarbonyl (C=S) groups is 1. The number of aromatic hydroxyl groups is 1. The number of hydrogen-bond acceptors (Lipinski definition) is 2. The van der Waals surface area contributed by atoms with E-state index in [1.54, 1.807) is 12.1 Å². The molecule has 0 unspecified atom stereocenters. The third-order valence-electron chi connectivity index (χ3n) is 2.08. The molecule has 1 saturated carbocycles. The van der Waals surface area contributed by atoms with Gasteiger partial charge in [-0.3, -0.25) is 0 Å². The van der Waals surface area contributed by atoms with E-state index in [1.807, 2.05) is 12.1 Å². The quantitative estimate of drug-likeness (QED) is 0.559. The number of phenolic OH excluding ortho intramolecular Hbond substituents is 1. The van der Waals surface area contributed by atoms with Gasteiger partial charge in [0.2, 0.25) is 0 Å². The molecule has 1 aromatic rings. The maximum Gasteiger partial charge on any atom is 0.115 e. The zero-order chi connectivity index (χ0) is 9.26. The van der Waals surface area contributed by atoms with Crippen molar-refractivity contribution in [1.82, 2.24) is 0 Å². The molecule has 1 fully saturated rings. The molecular weight excluding hydrogens is 182 g/mol. The zero-order valence-corrected chi connectivity index (χ0v) is 7.97. The van der Waals surface area contributed by atoms with Crippen LogP contribution in [0.25, 0.3) is 0 Å². The fourth-order valence-electron chi connectivity index (χ4n) is 1.13. The largest absolute Gasteiger partial charge is 0.508 e. The van der Waals surface area contributed by atoms with Crippen LogP contribution in [0.2, 0.25) is 0 Å². The molecule has 2 rings (SSSR count). The lowest BCUT2D eigenvalue weighted by Gasteiger charge is -2.05. The zero-order valence-electron chi connectivity index (χ0n) is 7.16. The van der Waals surface area contributed by atoms with Gasteiger partial charge in [0.15, 0.2) is 0 Å². The highest BCUT2D eigenvalue weighted by atomic mass is 32.1. The molecule has 1 aliphatic rings. The average Bonchev–Trinajstić information content (AvgIpc) is 2.91. The Morgan fingerprint density at radius 2 is 1.92 bits per heavy atom. The molecule has 0 amide bonds. The molecule has 0 aromatic heterocycles. The van der Waals surface area contributed by atoms with Gasteiger partial charge in [0, 0.05) is 11.6 Å². The third-order valence-corrected chi connectivity index (χ3v) is 2.52. The van der Waals surface area contributed by atoms with Crippen LogP contribution in [-0.4, -0.2) is 10.1 Å². The molecule has 2 nitrogen and oxygen atoms in total. The molecular formula is C10H11NOS. The van der Waals surface area contributed by atoms with Crippen LogP contribution in [0.3, 0.4) is 0 Å². The van der Waals surface area contributed by atoms with Crippen LogP contribution in [-0.2, 0) is 0 Å². The first kappa shape index (κ1) is 8.51. The van der Waals surface area contributed by atoms with Crippen LogP contribution in [0.5, 0.6) is 5.75 Å². The molecule has 1 aromatic carbocycles. The highest BCUT2D eigenvalue weighted by Gasteiger charge is 2.25. The molecule has 68 valence electrons. The first-order valence-corrected chi connectivity index (χ1v) is 4.76. The maximum absolute atomic E-state index is 9.05. The summed E-state index contributed by atoms with van der Waals surface area (Å²) >= 11 is 5.18. The number of rotatable bonds is 2. The fourth-order valence-corrected chi connectivity index (χ4v) is 1.49. The predicted octanol–water partition coefficient (Wildman–Crippen LogP) is 2.54. The van der Waals surface area contributed by atoms with Crippen molar-refractivity contribution in [3.8, 4) is 5.75 Å². The Morgan fingerprint density at radius 3 is 2.46 bits per heavy atom. The molecule has 0 spiro atoms. The van der Waals surface area contributed by atoms with Crippen LogP contribution in [0.15, 0.2) is 24.3 Å². The van der Waals surface area contributed by atoms with Crippen LogP contribution in [0.1, 0.15) is 12.8 Å². The third kappa shape index (κ3) is 2.18. The Morgan fingerprint density at radius 1 is 1.31 bits per heavy atom. The average molecular weight is 193 g/mol. The second-order valence-corrected chi connectivity index (χ2v) is 3.75. The first-order chi connectivity index (χ1) is 6.25. The minimum atomic E-state index is 0.280. The van der Waals surface area contributed by atoms with Gasteiger partial charge in [-0.25, -0.2) is 0 Å². The summed E-state index contributed by atoms with van der Waals surface area (Å²) in [5, 5.41) is 12.2. The van der Waals surface area contributed by atoms with E-state index in [1.165, 1.54) is 12.8 Å². The topological polar surface area (TPSA) is 32.3 Å². The van der Waals surface area contributed by atoms with Crippen molar-refractivity contribution in [3.63, 3.8) is 0 Å². The summed E-state index contributed by atoms with van der Waals surface area (Å²) in [6.45, 7) is 0. The van der Waals surface area contributed by atoms with Gasteiger partial charge in [-0.05, 0) is 37.1 Å². The Balaban J connectivity index is 2.00. The number of phenols is 1. The molecule has 1 aliphatic carbocycles. The van der Waals surface area contributed by atoms with Crippen molar-refractivity contribution in [2.75, 3.05) is 5.32 Å². The van der Waals surface area contributed by atoms with Gasteiger partial charge in [-0.2, -0.15) is 0 Å². The summed E-state index contributed by atoms with van der Waals surface area (Å²) in [7, 11) is 0. The van der Waals surface area contributed by atoms with Gasteiger partial charge in [-0.15, -0.1) is 0 Å². The molecule has 0 heterocycles. The molecule has 0 aliphatic heterocycles. The Kier molecular flexibility index (Phi) is 2.19. The summed E-state index contributed by atoms with van der Waals surface area (Å²) in [4.78, 5) is 0.922. The smallest absolute Gasteiger partial charge is 0.115 e. The van der Waals surface area contributed by atoms with Gasteiger partial charge in [0.05, 0.1) is 4.99 Å². The Labute approximate surface area is 82.6 Å². The molecule has 0 atom stereocenters. The fraction of sp³-hybridized carbons (Fsp3) is 0.300.